The largest absolute Gasteiger partial charge is 0.482 e. The highest BCUT2D eigenvalue weighted by molar-refractivity contribution is 6.38. The molecule has 3 heterocycles. The van der Waals surface area contributed by atoms with Gasteiger partial charge in [0, 0.05) is 10.0 Å². The van der Waals surface area contributed by atoms with Crippen molar-refractivity contribution in [2.45, 2.75) is 11.7 Å². The zero-order valence-corrected chi connectivity index (χ0v) is 20.3. The molecule has 0 spiro atoms. The molecule has 2 aromatic rings. The molecule has 176 valence electrons. The van der Waals surface area contributed by atoms with Crippen LogP contribution in [0.2, 0.25) is 20.1 Å². The number of imide groups is 1. The van der Waals surface area contributed by atoms with Gasteiger partial charge in [-0.1, -0.05) is 58.6 Å². The normalized spacial score (nSPS) is 26.8. The Morgan fingerprint density at radius 2 is 1.74 bits per heavy atom. The Bertz CT molecular complexity index is 1250. The predicted octanol–water partition coefficient (Wildman–Crippen LogP) is 4.31. The summed E-state index contributed by atoms with van der Waals surface area (Å²) >= 11 is 24.1. The number of amides is 3. The Hall–Kier alpha value is -2.29. The van der Waals surface area contributed by atoms with Gasteiger partial charge in [0.25, 0.3) is 5.91 Å². The van der Waals surface area contributed by atoms with Crippen molar-refractivity contribution in [2.75, 3.05) is 18.1 Å². The highest BCUT2D eigenvalue weighted by atomic mass is 35.5. The lowest BCUT2D eigenvalue weighted by Crippen LogP contribution is -2.49. The summed E-state index contributed by atoms with van der Waals surface area (Å²) in [6.45, 7) is -0.322. The fraction of sp³-hybridized carbons (Fsp3) is 0.261. The molecule has 7 nitrogen and oxygen atoms in total. The summed E-state index contributed by atoms with van der Waals surface area (Å²) in [5, 5.41) is 4.03. The number of rotatable bonds is 6. The zero-order chi connectivity index (χ0) is 24.2. The van der Waals surface area contributed by atoms with Crippen molar-refractivity contribution in [2.24, 2.45) is 11.8 Å². The molecule has 34 heavy (non-hydrogen) atoms. The molecule has 3 aliphatic rings. The van der Waals surface area contributed by atoms with Crippen molar-refractivity contribution in [3.05, 3.63) is 68.6 Å². The van der Waals surface area contributed by atoms with E-state index in [-0.39, 0.29) is 28.9 Å². The van der Waals surface area contributed by atoms with Crippen LogP contribution < -0.4 is 15.0 Å². The van der Waals surface area contributed by atoms with Crippen LogP contribution in [0.15, 0.2) is 48.6 Å². The lowest BCUT2D eigenvalue weighted by molar-refractivity contribution is -0.129. The molecule has 2 bridgehead atoms. The molecule has 0 aliphatic carbocycles. The molecule has 4 atom stereocenters. The summed E-state index contributed by atoms with van der Waals surface area (Å²) in [6.07, 6.45) is 2.91. The Kier molecular flexibility index (Phi) is 6.02. The molecule has 1 N–H and O–H groups in total. The molecule has 11 heteroatoms. The van der Waals surface area contributed by atoms with Crippen molar-refractivity contribution >= 4 is 69.8 Å². The first-order valence-electron chi connectivity index (χ1n) is 10.2. The van der Waals surface area contributed by atoms with Crippen LogP contribution >= 0.6 is 46.4 Å². The monoisotopic (exact) mass is 540 g/mol. The van der Waals surface area contributed by atoms with E-state index in [9.17, 15) is 14.4 Å². The van der Waals surface area contributed by atoms with E-state index in [1.165, 1.54) is 18.2 Å². The average molecular weight is 542 g/mol. The maximum absolute atomic E-state index is 13.4. The molecular formula is C23H16Cl4N2O5. The van der Waals surface area contributed by atoms with E-state index in [1.54, 1.807) is 30.4 Å². The number of halogens is 4. The van der Waals surface area contributed by atoms with Gasteiger partial charge >= 0.3 is 0 Å². The minimum Gasteiger partial charge on any atom is -0.482 e. The molecule has 2 saturated heterocycles. The van der Waals surface area contributed by atoms with E-state index in [4.69, 9.17) is 55.9 Å². The number of ether oxygens (including phenoxy) is 2. The van der Waals surface area contributed by atoms with Crippen LogP contribution in [0.4, 0.5) is 5.69 Å². The van der Waals surface area contributed by atoms with E-state index in [0.717, 1.165) is 4.90 Å². The Morgan fingerprint density at radius 3 is 2.44 bits per heavy atom. The summed E-state index contributed by atoms with van der Waals surface area (Å²) in [7, 11) is 0. The summed E-state index contributed by atoms with van der Waals surface area (Å²) in [5.41, 5.74) is -0.883. The number of nitrogens with one attached hydrogen (secondary N) is 1. The van der Waals surface area contributed by atoms with Gasteiger partial charge in [-0.3, -0.25) is 14.4 Å². The number of benzene rings is 2. The highest BCUT2D eigenvalue weighted by Gasteiger charge is 2.67. The fourth-order valence-electron chi connectivity index (χ4n) is 4.63. The zero-order valence-electron chi connectivity index (χ0n) is 17.3. The lowest BCUT2D eigenvalue weighted by Gasteiger charge is -2.29. The van der Waals surface area contributed by atoms with Gasteiger partial charge in [-0.2, -0.15) is 0 Å². The molecule has 0 radical (unpaired) electrons. The maximum atomic E-state index is 13.4. The molecule has 2 aromatic carbocycles. The topological polar surface area (TPSA) is 84.9 Å². The molecule has 2 fully saturated rings. The van der Waals surface area contributed by atoms with Crippen molar-refractivity contribution in [1.29, 1.82) is 0 Å². The smallest absolute Gasteiger partial charge is 0.258 e. The molecule has 4 unspecified atom stereocenters. The number of fused-ring (bicyclic) bond motifs is 5. The third-order valence-electron chi connectivity index (χ3n) is 6.12. The SMILES string of the molecule is O=C(COc1ccc(Cl)cc1Cl)NCC12C=CC(O1)C1C(=O)N(c3ccc(Cl)cc3Cl)C(=O)C12. The minimum atomic E-state index is -1.15. The van der Waals surface area contributed by atoms with Gasteiger partial charge in [-0.15, -0.1) is 0 Å². The molecule has 5 rings (SSSR count). The fourth-order valence-corrected chi connectivity index (χ4v) is 5.59. The van der Waals surface area contributed by atoms with Crippen LogP contribution in [0.3, 0.4) is 0 Å². The third-order valence-corrected chi connectivity index (χ3v) is 7.19. The number of hydrogen-bond acceptors (Lipinski definition) is 5. The number of anilines is 1. The van der Waals surface area contributed by atoms with Gasteiger partial charge in [-0.05, 0) is 36.4 Å². The number of carbonyl (C=O) groups excluding carboxylic acids is 3. The molecule has 0 saturated carbocycles. The molecule has 0 aromatic heterocycles. The minimum absolute atomic E-state index is 0.0150. The van der Waals surface area contributed by atoms with Crippen molar-refractivity contribution in [1.82, 2.24) is 5.32 Å². The van der Waals surface area contributed by atoms with Gasteiger partial charge < -0.3 is 14.8 Å². The van der Waals surface area contributed by atoms with Gasteiger partial charge in [0.1, 0.15) is 11.4 Å². The molecular weight excluding hydrogens is 526 g/mol. The Morgan fingerprint density at radius 1 is 1.03 bits per heavy atom. The summed E-state index contributed by atoms with van der Waals surface area (Å²) in [5.74, 6) is -2.48. The van der Waals surface area contributed by atoms with Crippen LogP contribution in [-0.2, 0) is 19.1 Å². The third kappa shape index (κ3) is 3.85. The quantitative estimate of drug-likeness (QED) is 0.435. The second-order valence-electron chi connectivity index (χ2n) is 8.15. The van der Waals surface area contributed by atoms with Gasteiger partial charge in [0.05, 0.1) is 40.2 Å². The van der Waals surface area contributed by atoms with Crippen molar-refractivity contribution in [3.8, 4) is 5.75 Å². The van der Waals surface area contributed by atoms with E-state index < -0.39 is 41.3 Å². The van der Waals surface area contributed by atoms with Crippen molar-refractivity contribution in [3.63, 3.8) is 0 Å². The van der Waals surface area contributed by atoms with Crippen LogP contribution in [0.5, 0.6) is 5.75 Å². The number of carbonyl (C=O) groups is 3. The summed E-state index contributed by atoms with van der Waals surface area (Å²) in [6, 6.07) is 9.23. The maximum Gasteiger partial charge on any atom is 0.258 e. The standard InChI is InChI=1S/C23H16Cl4N2O5/c24-11-1-3-15(13(26)7-11)29-21(31)19-17-5-6-23(34-17,20(19)22(29)32)10-28-18(30)9-33-16-4-2-12(25)8-14(16)27/h1-8,17,19-20H,9-10H2,(H,28,30). The second kappa shape index (κ2) is 8.73. The summed E-state index contributed by atoms with van der Waals surface area (Å²) < 4.78 is 11.5. The Balaban J connectivity index is 1.29. The second-order valence-corrected chi connectivity index (χ2v) is 9.84. The van der Waals surface area contributed by atoms with E-state index in [0.29, 0.717) is 15.8 Å². The van der Waals surface area contributed by atoms with Gasteiger partial charge in [0.2, 0.25) is 11.8 Å². The van der Waals surface area contributed by atoms with Crippen LogP contribution in [0.1, 0.15) is 0 Å². The van der Waals surface area contributed by atoms with Gasteiger partial charge in [-0.25, -0.2) is 4.90 Å². The van der Waals surface area contributed by atoms with Crippen molar-refractivity contribution < 1.29 is 23.9 Å². The van der Waals surface area contributed by atoms with E-state index >= 15 is 0 Å². The van der Waals surface area contributed by atoms with Gasteiger partial charge in [0.15, 0.2) is 6.61 Å². The predicted molar refractivity (Wildman–Crippen MR) is 128 cm³/mol. The van der Waals surface area contributed by atoms with Crippen LogP contribution in [-0.4, -0.2) is 42.6 Å². The Labute approximate surface area is 214 Å². The molecule has 3 amide bonds. The first-order chi connectivity index (χ1) is 16.2. The lowest BCUT2D eigenvalue weighted by atomic mass is 9.77. The van der Waals surface area contributed by atoms with E-state index in [2.05, 4.69) is 5.32 Å². The number of hydrogen-bond donors (Lipinski definition) is 1. The average Bonchev–Trinajstić information content (AvgIpc) is 3.43. The number of nitrogens with zero attached hydrogens (tertiary/aromatic N) is 1. The summed E-state index contributed by atoms with van der Waals surface area (Å²) in [4.78, 5) is 40.1. The first kappa shape index (κ1) is 23.5. The molecule has 3 aliphatic heterocycles. The van der Waals surface area contributed by atoms with Crippen LogP contribution in [0, 0.1) is 11.8 Å². The van der Waals surface area contributed by atoms with Crippen LogP contribution in [0.25, 0.3) is 0 Å². The first-order valence-corrected chi connectivity index (χ1v) is 11.8. The van der Waals surface area contributed by atoms with E-state index in [1.807, 2.05) is 0 Å². The highest BCUT2D eigenvalue weighted by Crippen LogP contribution is 2.52.